The molecule has 0 amide bonds. The van der Waals surface area contributed by atoms with Gasteiger partial charge in [-0.2, -0.15) is 0 Å². The summed E-state index contributed by atoms with van der Waals surface area (Å²) in [4.78, 5) is 0.255. The summed E-state index contributed by atoms with van der Waals surface area (Å²) in [6, 6.07) is 13.5. The van der Waals surface area contributed by atoms with Crippen molar-refractivity contribution in [3.05, 3.63) is 59.1 Å². The van der Waals surface area contributed by atoms with Crippen LogP contribution in [0.15, 0.2) is 53.4 Å². The fourth-order valence-corrected chi connectivity index (χ4v) is 3.19. The molecule has 0 heterocycles. The molecule has 0 atom stereocenters. The largest absolute Gasteiger partial charge is 0.280 e. The van der Waals surface area contributed by atoms with Crippen LogP contribution in [-0.2, 0) is 16.4 Å². The summed E-state index contributed by atoms with van der Waals surface area (Å²) in [5.41, 5.74) is 1.63. The Labute approximate surface area is 131 Å². The maximum absolute atomic E-state index is 12.3. The summed E-state index contributed by atoms with van der Waals surface area (Å²) >= 11 is 5.78. The lowest BCUT2D eigenvalue weighted by atomic mass is 10.0. The molecule has 2 rings (SSSR count). The molecule has 3 nitrogen and oxygen atoms in total. The summed E-state index contributed by atoms with van der Waals surface area (Å²) in [7, 11) is -3.56. The van der Waals surface area contributed by atoms with Crippen molar-refractivity contribution in [1.82, 2.24) is 0 Å². The van der Waals surface area contributed by atoms with Gasteiger partial charge in [0.05, 0.1) is 4.90 Å². The topological polar surface area (TPSA) is 46.2 Å². The van der Waals surface area contributed by atoms with Gasteiger partial charge in [0.15, 0.2) is 0 Å². The van der Waals surface area contributed by atoms with Crippen LogP contribution in [0.4, 0.5) is 5.69 Å². The predicted molar refractivity (Wildman–Crippen MR) is 87.2 cm³/mol. The number of hydrogen-bond donors (Lipinski definition) is 1. The molecule has 0 fully saturated rings. The van der Waals surface area contributed by atoms with Crippen molar-refractivity contribution in [3.8, 4) is 0 Å². The number of hydrogen-bond acceptors (Lipinski definition) is 2. The summed E-state index contributed by atoms with van der Waals surface area (Å²) < 4.78 is 27.1. The van der Waals surface area contributed by atoms with E-state index in [9.17, 15) is 8.42 Å². The first-order valence-electron chi connectivity index (χ1n) is 6.74. The molecule has 0 saturated heterocycles. The van der Waals surface area contributed by atoms with Crippen molar-refractivity contribution in [3.63, 3.8) is 0 Å². The fourth-order valence-electron chi connectivity index (χ4n) is 2.01. The summed E-state index contributed by atoms with van der Waals surface area (Å²) in [6.07, 6.45) is 0.935. The molecular formula is C16H18ClNO2S. The second kappa shape index (κ2) is 6.50. The molecule has 0 radical (unpaired) electrons. The van der Waals surface area contributed by atoms with Crippen LogP contribution in [0.5, 0.6) is 0 Å². The zero-order chi connectivity index (χ0) is 15.5. The zero-order valence-electron chi connectivity index (χ0n) is 12.0. The first-order valence-corrected chi connectivity index (χ1v) is 8.60. The smallest absolute Gasteiger partial charge is 0.261 e. The van der Waals surface area contributed by atoms with E-state index in [0.717, 1.165) is 12.0 Å². The van der Waals surface area contributed by atoms with Gasteiger partial charge in [-0.15, -0.1) is 0 Å². The molecule has 1 N–H and O–H groups in total. The van der Waals surface area contributed by atoms with E-state index in [4.69, 9.17) is 11.6 Å². The maximum Gasteiger partial charge on any atom is 0.261 e. The third kappa shape index (κ3) is 4.48. The number of anilines is 1. The van der Waals surface area contributed by atoms with E-state index >= 15 is 0 Å². The Balaban J connectivity index is 2.17. The van der Waals surface area contributed by atoms with Crippen LogP contribution in [0.1, 0.15) is 19.4 Å². The molecule has 5 heteroatoms. The second-order valence-corrected chi connectivity index (χ2v) is 7.47. The molecule has 0 unspecified atom stereocenters. The van der Waals surface area contributed by atoms with Crippen LogP contribution in [-0.4, -0.2) is 8.42 Å². The summed E-state index contributed by atoms with van der Waals surface area (Å²) in [5, 5.41) is 0.566. The van der Waals surface area contributed by atoms with Gasteiger partial charge in [-0.1, -0.05) is 37.6 Å². The van der Waals surface area contributed by atoms with E-state index < -0.39 is 10.0 Å². The molecule has 0 spiro atoms. The minimum absolute atomic E-state index is 0.255. The van der Waals surface area contributed by atoms with Crippen LogP contribution in [0, 0.1) is 5.92 Å². The first-order chi connectivity index (χ1) is 9.87. The van der Waals surface area contributed by atoms with Crippen LogP contribution in [0.25, 0.3) is 0 Å². The molecule has 0 bridgehead atoms. The van der Waals surface area contributed by atoms with Crippen LogP contribution in [0.3, 0.4) is 0 Å². The van der Waals surface area contributed by atoms with Crippen molar-refractivity contribution in [2.75, 3.05) is 4.72 Å². The lowest BCUT2D eigenvalue weighted by Gasteiger charge is -2.09. The normalized spacial score (nSPS) is 11.6. The van der Waals surface area contributed by atoms with Gasteiger partial charge in [-0.05, 0) is 54.3 Å². The highest BCUT2D eigenvalue weighted by atomic mass is 35.5. The lowest BCUT2D eigenvalue weighted by molar-refractivity contribution is 0.601. The second-order valence-electron chi connectivity index (χ2n) is 5.35. The Bertz CT molecular complexity index is 692. The average Bonchev–Trinajstić information content (AvgIpc) is 2.41. The van der Waals surface area contributed by atoms with E-state index in [1.54, 1.807) is 36.4 Å². The summed E-state index contributed by atoms with van der Waals surface area (Å²) in [5.74, 6) is 0.541. The van der Waals surface area contributed by atoms with Gasteiger partial charge in [0.2, 0.25) is 0 Å². The molecule has 112 valence electrons. The van der Waals surface area contributed by atoms with Gasteiger partial charge in [-0.25, -0.2) is 8.42 Å². The molecule has 0 aromatic heterocycles. The quantitative estimate of drug-likeness (QED) is 0.889. The molecular weight excluding hydrogens is 306 g/mol. The number of rotatable bonds is 5. The van der Waals surface area contributed by atoms with E-state index in [0.29, 0.717) is 16.6 Å². The van der Waals surface area contributed by atoms with Crippen LogP contribution < -0.4 is 4.72 Å². The first kappa shape index (κ1) is 15.9. The highest BCUT2D eigenvalue weighted by Gasteiger charge is 2.14. The van der Waals surface area contributed by atoms with Gasteiger partial charge in [-0.3, -0.25) is 4.72 Å². The Hall–Kier alpha value is -1.52. The fraction of sp³-hybridized carbons (Fsp3) is 0.250. The van der Waals surface area contributed by atoms with E-state index in [1.165, 1.54) is 0 Å². The maximum atomic E-state index is 12.3. The minimum atomic E-state index is -3.56. The molecule has 2 aromatic rings. The molecule has 21 heavy (non-hydrogen) atoms. The molecule has 2 aromatic carbocycles. The highest BCUT2D eigenvalue weighted by Crippen LogP contribution is 2.19. The third-order valence-electron chi connectivity index (χ3n) is 2.97. The van der Waals surface area contributed by atoms with Gasteiger partial charge < -0.3 is 0 Å². The van der Waals surface area contributed by atoms with Crippen LogP contribution in [0.2, 0.25) is 5.02 Å². The van der Waals surface area contributed by atoms with Crippen molar-refractivity contribution in [1.29, 1.82) is 0 Å². The standard InChI is InChI=1S/C16H18ClNO2S/c1-12(2)11-13-3-9-16(10-4-13)21(19,20)18-15-7-5-14(17)6-8-15/h3-10,12,18H,11H2,1-2H3. The Morgan fingerprint density at radius 1 is 1.00 bits per heavy atom. The van der Waals surface area contributed by atoms with Gasteiger partial charge >= 0.3 is 0 Å². The van der Waals surface area contributed by atoms with E-state index in [-0.39, 0.29) is 4.90 Å². The number of halogens is 1. The van der Waals surface area contributed by atoms with Crippen molar-refractivity contribution in [2.45, 2.75) is 25.2 Å². The lowest BCUT2D eigenvalue weighted by Crippen LogP contribution is -2.12. The Morgan fingerprint density at radius 2 is 1.57 bits per heavy atom. The predicted octanol–water partition coefficient (Wildman–Crippen LogP) is 4.34. The number of benzene rings is 2. The van der Waals surface area contributed by atoms with Crippen molar-refractivity contribution < 1.29 is 8.42 Å². The molecule has 0 aliphatic carbocycles. The molecule has 0 aliphatic rings. The Kier molecular flexibility index (Phi) is 4.91. The molecule has 0 saturated carbocycles. The zero-order valence-corrected chi connectivity index (χ0v) is 13.6. The van der Waals surface area contributed by atoms with Gasteiger partial charge in [0.1, 0.15) is 0 Å². The van der Waals surface area contributed by atoms with Crippen molar-refractivity contribution in [2.24, 2.45) is 5.92 Å². The van der Waals surface area contributed by atoms with Gasteiger partial charge in [0.25, 0.3) is 10.0 Å². The van der Waals surface area contributed by atoms with Crippen molar-refractivity contribution >= 4 is 27.3 Å². The summed E-state index contributed by atoms with van der Waals surface area (Å²) in [6.45, 7) is 4.26. The van der Waals surface area contributed by atoms with Crippen LogP contribution >= 0.6 is 11.6 Å². The minimum Gasteiger partial charge on any atom is -0.280 e. The van der Waals surface area contributed by atoms with E-state index in [2.05, 4.69) is 18.6 Å². The van der Waals surface area contributed by atoms with Gasteiger partial charge in [0, 0.05) is 10.7 Å². The monoisotopic (exact) mass is 323 g/mol. The molecule has 0 aliphatic heterocycles. The SMILES string of the molecule is CC(C)Cc1ccc(S(=O)(=O)Nc2ccc(Cl)cc2)cc1. The highest BCUT2D eigenvalue weighted by molar-refractivity contribution is 7.92. The average molecular weight is 324 g/mol. The Morgan fingerprint density at radius 3 is 2.10 bits per heavy atom. The number of sulfonamides is 1. The van der Waals surface area contributed by atoms with E-state index in [1.807, 2.05) is 12.1 Å². The third-order valence-corrected chi connectivity index (χ3v) is 4.62. The number of nitrogens with one attached hydrogen (secondary N) is 1.